The Balaban J connectivity index is 1.10. The standard InChI is InChI=1S/C67H87F9O13/c1-6-7-8-9-10-14-17-29-38-52-57(89-61(80)64(83-5,67(74,75)76)50-35-26-21-27-36-50)43-42-55(86-52)56-41-40-54(87-56)53(88-60(79)63(82-4,66(71,72)73)49-33-24-20-25-34-49)39-30-18-15-12-11-13-16-28-37-51(45-47-44-46(2)84-58(47)77)85-59(78)62(81-3,65(68,69)70)48-31-22-19-23-32-48/h19-27,31-36,44,46,51-57H,6-18,28-30,37-43,45H2,1-5H3/t46-,51+,52-,53+,54+,55-,56+,57+,62-,63-,64-/m0/s1. The van der Waals surface area contributed by atoms with Gasteiger partial charge in [0.1, 0.15) is 24.4 Å². The molecule has 496 valence electrons. The fraction of sp³-hybridized carbons (Fsp3) is 0.642. The zero-order chi connectivity index (χ0) is 64.9. The summed E-state index contributed by atoms with van der Waals surface area (Å²) in [5.41, 5.74) is -11.6. The van der Waals surface area contributed by atoms with Crippen molar-refractivity contribution in [3.8, 4) is 0 Å². The second-order valence-electron chi connectivity index (χ2n) is 23.4. The molecule has 22 heteroatoms. The zero-order valence-electron chi connectivity index (χ0n) is 51.5. The molecule has 0 spiro atoms. The lowest BCUT2D eigenvalue weighted by atomic mass is 9.91. The minimum absolute atomic E-state index is 0.105. The van der Waals surface area contributed by atoms with Crippen molar-refractivity contribution in [1.82, 2.24) is 0 Å². The summed E-state index contributed by atoms with van der Waals surface area (Å²) in [4.78, 5) is 54.3. The van der Waals surface area contributed by atoms with Gasteiger partial charge in [-0.25, -0.2) is 19.2 Å². The van der Waals surface area contributed by atoms with Gasteiger partial charge in [0.05, 0.1) is 24.4 Å². The number of benzene rings is 3. The predicted octanol–water partition coefficient (Wildman–Crippen LogP) is 15.8. The number of rotatable bonds is 36. The van der Waals surface area contributed by atoms with Gasteiger partial charge < -0.3 is 42.6 Å². The molecular formula is C67H87F9O13. The molecule has 13 nitrogen and oxygen atoms in total. The maximum Gasteiger partial charge on any atom is 0.432 e. The number of carbonyl (C=O) groups excluding carboxylic acids is 4. The number of methoxy groups -OCH3 is 3. The number of carbonyl (C=O) groups is 4. The monoisotopic (exact) mass is 1270 g/mol. The lowest BCUT2D eigenvalue weighted by Gasteiger charge is -2.40. The first kappa shape index (κ1) is 72.5. The van der Waals surface area contributed by atoms with Crippen LogP contribution in [-0.4, -0.2) is 113 Å². The maximum atomic E-state index is 15.2. The molecule has 3 heterocycles. The molecule has 3 aromatic carbocycles. The topological polar surface area (TPSA) is 151 Å². The molecule has 6 rings (SSSR count). The number of cyclic esters (lactones) is 1. The van der Waals surface area contributed by atoms with Crippen molar-refractivity contribution in [2.24, 2.45) is 0 Å². The van der Waals surface area contributed by atoms with E-state index < -0.39 is 125 Å². The lowest BCUT2D eigenvalue weighted by molar-refractivity contribution is -0.283. The van der Waals surface area contributed by atoms with Crippen LogP contribution in [0.4, 0.5) is 39.5 Å². The summed E-state index contributed by atoms with van der Waals surface area (Å²) < 4.78 is 186. The van der Waals surface area contributed by atoms with E-state index in [4.69, 9.17) is 42.6 Å². The zero-order valence-corrected chi connectivity index (χ0v) is 51.5. The summed E-state index contributed by atoms with van der Waals surface area (Å²) in [6.45, 7) is 3.76. The third-order valence-electron chi connectivity index (χ3n) is 17.3. The highest BCUT2D eigenvalue weighted by Crippen LogP contribution is 2.47. The molecule has 0 radical (unpaired) electrons. The third-order valence-corrected chi connectivity index (χ3v) is 17.3. The van der Waals surface area contributed by atoms with E-state index in [0.717, 1.165) is 116 Å². The smallest absolute Gasteiger partial charge is 0.432 e. The van der Waals surface area contributed by atoms with Gasteiger partial charge in [0.15, 0.2) is 0 Å². The molecule has 2 fully saturated rings. The molecule has 0 saturated carbocycles. The van der Waals surface area contributed by atoms with Gasteiger partial charge in [0, 0.05) is 50.0 Å². The van der Waals surface area contributed by atoms with Crippen molar-refractivity contribution >= 4 is 23.9 Å². The second kappa shape index (κ2) is 33.7. The summed E-state index contributed by atoms with van der Waals surface area (Å²) in [6, 6.07) is 19.4. The van der Waals surface area contributed by atoms with Crippen LogP contribution in [-0.2, 0) is 78.6 Å². The SMILES string of the molecule is CCCCCCCCCC[C@@H]1O[C@H]([C@H]2CC[C@H]([C@@H](CCCCCCCCCC[C@H](CC3=C[C@H](C)OC3=O)OC(=O)[C@@](OC)(c3ccccc3)C(F)(F)F)OC(=O)[C@@](OC)(c3ccccc3)C(F)(F)F)O2)CC[C@H]1OC(=O)[C@@](OC)(c1ccccc1)C(F)(F)F. The average molecular weight is 1270 g/mol. The molecule has 3 aromatic rings. The van der Waals surface area contributed by atoms with Crippen molar-refractivity contribution < 1.29 is 101 Å². The lowest BCUT2D eigenvalue weighted by Crippen LogP contribution is -2.54. The summed E-state index contributed by atoms with van der Waals surface area (Å²) in [7, 11) is 2.36. The molecule has 0 unspecified atom stereocenters. The number of ether oxygens (including phenoxy) is 9. The summed E-state index contributed by atoms with van der Waals surface area (Å²) in [6.07, 6.45) is -7.28. The average Bonchev–Trinajstić information content (AvgIpc) is 2.27. The predicted molar refractivity (Wildman–Crippen MR) is 311 cm³/mol. The van der Waals surface area contributed by atoms with E-state index in [1.807, 2.05) is 0 Å². The molecule has 0 aliphatic carbocycles. The first-order chi connectivity index (χ1) is 42.4. The number of hydrogen-bond acceptors (Lipinski definition) is 13. The van der Waals surface area contributed by atoms with Crippen molar-refractivity contribution in [2.75, 3.05) is 21.3 Å². The quantitative estimate of drug-likeness (QED) is 0.0235. The van der Waals surface area contributed by atoms with Crippen LogP contribution >= 0.6 is 0 Å². The van der Waals surface area contributed by atoms with Crippen molar-refractivity contribution in [3.63, 3.8) is 0 Å². The Morgan fingerprint density at radius 3 is 1.38 bits per heavy atom. The van der Waals surface area contributed by atoms with Crippen molar-refractivity contribution in [3.05, 3.63) is 119 Å². The van der Waals surface area contributed by atoms with Crippen LogP contribution in [0.5, 0.6) is 0 Å². The Morgan fingerprint density at radius 2 is 0.933 bits per heavy atom. The van der Waals surface area contributed by atoms with Crippen LogP contribution < -0.4 is 0 Å². The first-order valence-electron chi connectivity index (χ1n) is 31.3. The van der Waals surface area contributed by atoms with E-state index in [1.54, 1.807) is 6.92 Å². The minimum Gasteiger partial charge on any atom is -0.459 e. The number of hydrogen-bond donors (Lipinski definition) is 0. The van der Waals surface area contributed by atoms with E-state index in [1.165, 1.54) is 60.7 Å². The minimum atomic E-state index is -5.26. The van der Waals surface area contributed by atoms with E-state index in [-0.39, 0.29) is 44.1 Å². The van der Waals surface area contributed by atoms with Gasteiger partial charge in [-0.3, -0.25) is 0 Å². The highest BCUT2D eigenvalue weighted by Gasteiger charge is 2.67. The summed E-state index contributed by atoms with van der Waals surface area (Å²) in [5.74, 6) is -5.64. The van der Waals surface area contributed by atoms with Gasteiger partial charge in [-0.2, -0.15) is 39.5 Å². The molecule has 3 aliphatic heterocycles. The summed E-state index contributed by atoms with van der Waals surface area (Å²) >= 11 is 0. The molecule has 0 aromatic heterocycles. The Labute approximate surface area is 516 Å². The van der Waals surface area contributed by atoms with Crippen LogP contribution in [0.2, 0.25) is 0 Å². The maximum absolute atomic E-state index is 15.2. The Hall–Kier alpha value is -5.55. The molecule has 3 aliphatic rings. The van der Waals surface area contributed by atoms with Crippen LogP contribution in [0.1, 0.15) is 185 Å². The third kappa shape index (κ3) is 18.2. The molecule has 0 amide bonds. The van der Waals surface area contributed by atoms with Gasteiger partial charge in [-0.15, -0.1) is 0 Å². The van der Waals surface area contributed by atoms with Crippen LogP contribution in [0, 0.1) is 0 Å². The van der Waals surface area contributed by atoms with Gasteiger partial charge in [-0.1, -0.05) is 188 Å². The van der Waals surface area contributed by atoms with Crippen LogP contribution in [0.15, 0.2) is 103 Å². The molecule has 89 heavy (non-hydrogen) atoms. The van der Waals surface area contributed by atoms with Crippen LogP contribution in [0.3, 0.4) is 0 Å². The molecule has 0 bridgehead atoms. The number of esters is 4. The van der Waals surface area contributed by atoms with E-state index in [0.29, 0.717) is 57.8 Å². The fourth-order valence-corrected chi connectivity index (χ4v) is 12.4. The van der Waals surface area contributed by atoms with Crippen molar-refractivity contribution in [2.45, 2.75) is 252 Å². The number of halogens is 9. The normalized spacial score (nSPS) is 22.6. The highest BCUT2D eigenvalue weighted by molar-refractivity contribution is 5.91. The highest BCUT2D eigenvalue weighted by atomic mass is 19.4. The first-order valence-corrected chi connectivity index (χ1v) is 31.3. The van der Waals surface area contributed by atoms with Crippen molar-refractivity contribution in [1.29, 1.82) is 0 Å². The number of unbranched alkanes of at least 4 members (excludes halogenated alkanes) is 14. The van der Waals surface area contributed by atoms with Gasteiger partial charge in [-0.05, 0) is 70.8 Å². The molecule has 2 saturated heterocycles. The van der Waals surface area contributed by atoms with E-state index >= 15 is 26.3 Å². The number of alkyl halides is 9. The van der Waals surface area contributed by atoms with Gasteiger partial charge in [0.2, 0.25) is 0 Å². The molecule has 11 atom stereocenters. The largest absolute Gasteiger partial charge is 0.459 e. The van der Waals surface area contributed by atoms with Gasteiger partial charge in [0.25, 0.3) is 16.8 Å². The molecule has 0 N–H and O–H groups in total. The fourth-order valence-electron chi connectivity index (χ4n) is 12.4. The van der Waals surface area contributed by atoms with E-state index in [9.17, 15) is 32.3 Å². The van der Waals surface area contributed by atoms with Gasteiger partial charge >= 0.3 is 42.4 Å². The Morgan fingerprint density at radius 1 is 0.517 bits per heavy atom. The van der Waals surface area contributed by atoms with Crippen LogP contribution in [0.25, 0.3) is 0 Å². The summed E-state index contributed by atoms with van der Waals surface area (Å²) in [5, 5.41) is 0. The molecular weight excluding hydrogens is 1180 g/mol. The second-order valence-corrected chi connectivity index (χ2v) is 23.4. The Kier molecular flexibility index (Phi) is 27.4. The van der Waals surface area contributed by atoms with E-state index in [2.05, 4.69) is 6.92 Å². The Bertz CT molecular complexity index is 2680.